The number of ether oxygens (including phenoxy) is 1. The lowest BCUT2D eigenvalue weighted by Gasteiger charge is -2.28. The van der Waals surface area contributed by atoms with Gasteiger partial charge in [-0.1, -0.05) is 12.8 Å². The van der Waals surface area contributed by atoms with E-state index in [1.807, 2.05) is 0 Å². The highest BCUT2D eigenvalue weighted by molar-refractivity contribution is 4.85. The minimum atomic E-state index is 0.604. The van der Waals surface area contributed by atoms with Crippen LogP contribution in [0.2, 0.25) is 0 Å². The van der Waals surface area contributed by atoms with Gasteiger partial charge in [-0.2, -0.15) is 0 Å². The van der Waals surface area contributed by atoms with E-state index in [9.17, 15) is 0 Å². The highest BCUT2D eigenvalue weighted by atomic mass is 16.5. The molecule has 0 radical (unpaired) electrons. The lowest BCUT2D eigenvalue weighted by molar-refractivity contribution is 0.165. The van der Waals surface area contributed by atoms with Gasteiger partial charge in [-0.3, -0.25) is 0 Å². The van der Waals surface area contributed by atoms with Crippen molar-refractivity contribution in [3.8, 4) is 0 Å². The second kappa shape index (κ2) is 5.61. The average Bonchev–Trinajstić information content (AvgIpc) is 2.55. The molecule has 78 valence electrons. The summed E-state index contributed by atoms with van der Waals surface area (Å²) in [6.07, 6.45) is 8.23. The Labute approximate surface area is 82.0 Å². The van der Waals surface area contributed by atoms with Crippen LogP contribution in [0.1, 0.15) is 38.5 Å². The Morgan fingerprint density at radius 1 is 1.31 bits per heavy atom. The van der Waals surface area contributed by atoms with Gasteiger partial charge in [-0.25, -0.2) is 0 Å². The lowest BCUT2D eigenvalue weighted by Crippen LogP contribution is -2.30. The third kappa shape index (κ3) is 3.28. The van der Waals surface area contributed by atoms with Crippen molar-refractivity contribution in [3.63, 3.8) is 0 Å². The third-order valence-electron chi connectivity index (χ3n) is 3.27. The molecule has 0 saturated heterocycles. The first-order chi connectivity index (χ1) is 6.33. The van der Waals surface area contributed by atoms with Crippen LogP contribution in [0.25, 0.3) is 0 Å². The fraction of sp³-hybridized carbons (Fsp3) is 1.00. The van der Waals surface area contributed by atoms with E-state index in [2.05, 4.69) is 12.4 Å². The molecule has 0 spiro atoms. The molecular formula is C11H23NO. The van der Waals surface area contributed by atoms with Gasteiger partial charge in [-0.15, -0.1) is 0 Å². The minimum absolute atomic E-state index is 0.604. The van der Waals surface area contributed by atoms with Gasteiger partial charge in [0.05, 0.1) is 0 Å². The lowest BCUT2D eigenvalue weighted by atomic mass is 9.81. The zero-order valence-electron chi connectivity index (χ0n) is 9.07. The van der Waals surface area contributed by atoms with Crippen molar-refractivity contribution in [2.24, 2.45) is 5.41 Å². The number of hydrogen-bond acceptors (Lipinski definition) is 2. The summed E-state index contributed by atoms with van der Waals surface area (Å²) in [4.78, 5) is 0. The molecule has 1 N–H and O–H groups in total. The minimum Gasteiger partial charge on any atom is -0.385 e. The molecule has 0 unspecified atom stereocenters. The molecule has 1 aliphatic rings. The Morgan fingerprint density at radius 2 is 2.00 bits per heavy atom. The Kier molecular flexibility index (Phi) is 4.74. The summed E-state index contributed by atoms with van der Waals surface area (Å²) >= 11 is 0. The molecule has 0 aromatic heterocycles. The molecular weight excluding hydrogens is 162 g/mol. The molecule has 1 saturated carbocycles. The van der Waals surface area contributed by atoms with Crippen LogP contribution >= 0.6 is 0 Å². The van der Waals surface area contributed by atoms with Gasteiger partial charge in [-0.05, 0) is 38.1 Å². The van der Waals surface area contributed by atoms with Gasteiger partial charge in [0.1, 0.15) is 0 Å². The first-order valence-electron chi connectivity index (χ1n) is 5.46. The predicted molar refractivity (Wildman–Crippen MR) is 55.9 cm³/mol. The van der Waals surface area contributed by atoms with E-state index in [-0.39, 0.29) is 0 Å². The van der Waals surface area contributed by atoms with E-state index in [0.29, 0.717) is 5.41 Å². The van der Waals surface area contributed by atoms with Crippen LogP contribution in [0.15, 0.2) is 0 Å². The van der Waals surface area contributed by atoms with Gasteiger partial charge < -0.3 is 10.1 Å². The fourth-order valence-electron chi connectivity index (χ4n) is 2.61. The van der Waals surface area contributed by atoms with E-state index < -0.39 is 0 Å². The van der Waals surface area contributed by atoms with Crippen LogP contribution in [-0.2, 0) is 4.74 Å². The van der Waals surface area contributed by atoms with Crippen LogP contribution in [-0.4, -0.2) is 27.3 Å². The summed E-state index contributed by atoms with van der Waals surface area (Å²) < 4.78 is 5.10. The second-order valence-corrected chi connectivity index (χ2v) is 4.33. The molecule has 2 nitrogen and oxygen atoms in total. The van der Waals surface area contributed by atoms with Crippen LogP contribution in [0.4, 0.5) is 0 Å². The van der Waals surface area contributed by atoms with Gasteiger partial charge in [0.25, 0.3) is 0 Å². The summed E-state index contributed by atoms with van der Waals surface area (Å²) in [6, 6.07) is 0. The summed E-state index contributed by atoms with van der Waals surface area (Å²) in [7, 11) is 3.86. The molecule has 0 heterocycles. The highest BCUT2D eigenvalue weighted by Gasteiger charge is 2.32. The Bertz CT molecular complexity index is 130. The Hall–Kier alpha value is -0.0800. The molecule has 0 aromatic rings. The molecule has 1 aliphatic carbocycles. The first kappa shape index (κ1) is 11.0. The van der Waals surface area contributed by atoms with Crippen LogP contribution in [0.5, 0.6) is 0 Å². The van der Waals surface area contributed by atoms with E-state index in [1.54, 1.807) is 7.11 Å². The number of nitrogens with one attached hydrogen (secondary N) is 1. The van der Waals surface area contributed by atoms with Crippen molar-refractivity contribution < 1.29 is 4.74 Å². The molecule has 0 aliphatic heterocycles. The smallest absolute Gasteiger partial charge is 0.0462 e. The third-order valence-corrected chi connectivity index (χ3v) is 3.27. The Morgan fingerprint density at radius 3 is 2.54 bits per heavy atom. The Balaban J connectivity index is 2.28. The molecule has 0 atom stereocenters. The zero-order valence-corrected chi connectivity index (χ0v) is 9.07. The highest BCUT2D eigenvalue weighted by Crippen LogP contribution is 2.41. The average molecular weight is 185 g/mol. The zero-order chi connectivity index (χ0) is 9.57. The first-order valence-corrected chi connectivity index (χ1v) is 5.46. The summed E-state index contributed by atoms with van der Waals surface area (Å²) in [5.41, 5.74) is 0.604. The number of hydrogen-bond donors (Lipinski definition) is 1. The van der Waals surface area contributed by atoms with Gasteiger partial charge >= 0.3 is 0 Å². The van der Waals surface area contributed by atoms with Crippen LogP contribution in [0, 0.1) is 5.41 Å². The van der Waals surface area contributed by atoms with Gasteiger partial charge in [0.2, 0.25) is 0 Å². The molecule has 2 heteroatoms. The number of rotatable bonds is 6. The van der Waals surface area contributed by atoms with Crippen molar-refractivity contribution in [3.05, 3.63) is 0 Å². The largest absolute Gasteiger partial charge is 0.385 e. The maximum Gasteiger partial charge on any atom is 0.0462 e. The second-order valence-electron chi connectivity index (χ2n) is 4.33. The van der Waals surface area contributed by atoms with E-state index in [0.717, 1.165) is 6.61 Å². The van der Waals surface area contributed by atoms with Crippen LogP contribution < -0.4 is 5.32 Å². The standard InChI is InChI=1S/C11H23NO/c1-12-10-11(6-3-4-7-11)8-5-9-13-2/h12H,3-10H2,1-2H3. The molecule has 1 rings (SSSR count). The van der Waals surface area contributed by atoms with Crippen molar-refractivity contribution >= 4 is 0 Å². The van der Waals surface area contributed by atoms with Crippen molar-refractivity contribution in [1.82, 2.24) is 5.32 Å². The van der Waals surface area contributed by atoms with Gasteiger partial charge in [0, 0.05) is 20.3 Å². The van der Waals surface area contributed by atoms with E-state index in [4.69, 9.17) is 4.74 Å². The normalized spacial score (nSPS) is 20.8. The molecule has 0 bridgehead atoms. The fourth-order valence-corrected chi connectivity index (χ4v) is 2.61. The molecule has 13 heavy (non-hydrogen) atoms. The van der Waals surface area contributed by atoms with Gasteiger partial charge in [0.15, 0.2) is 0 Å². The predicted octanol–water partition coefficient (Wildman–Crippen LogP) is 2.19. The summed E-state index contributed by atoms with van der Waals surface area (Å²) in [5.74, 6) is 0. The molecule has 1 fully saturated rings. The number of methoxy groups -OCH3 is 1. The maximum absolute atomic E-state index is 5.10. The van der Waals surface area contributed by atoms with Crippen molar-refractivity contribution in [2.75, 3.05) is 27.3 Å². The molecule has 0 amide bonds. The van der Waals surface area contributed by atoms with Crippen LogP contribution in [0.3, 0.4) is 0 Å². The van der Waals surface area contributed by atoms with Crippen molar-refractivity contribution in [2.45, 2.75) is 38.5 Å². The maximum atomic E-state index is 5.10. The van der Waals surface area contributed by atoms with Crippen molar-refractivity contribution in [1.29, 1.82) is 0 Å². The van der Waals surface area contributed by atoms with E-state index >= 15 is 0 Å². The monoisotopic (exact) mass is 185 g/mol. The van der Waals surface area contributed by atoms with E-state index in [1.165, 1.54) is 45.1 Å². The summed E-state index contributed by atoms with van der Waals surface area (Å²) in [6.45, 7) is 2.11. The topological polar surface area (TPSA) is 21.3 Å². The quantitative estimate of drug-likeness (QED) is 0.640. The molecule has 0 aromatic carbocycles. The summed E-state index contributed by atoms with van der Waals surface area (Å²) in [5, 5.41) is 3.34. The SMILES string of the molecule is CNCC1(CCCOC)CCCC1.